The van der Waals surface area contributed by atoms with E-state index in [1.54, 1.807) is 23.0 Å². The molecule has 0 saturated carbocycles. The van der Waals surface area contributed by atoms with E-state index >= 15 is 0 Å². The molecule has 7 nitrogen and oxygen atoms in total. The molecule has 0 amide bonds. The first-order chi connectivity index (χ1) is 16.9. The SMILES string of the molecule is OC(Cn1cncn1)(Cn1ncc2ccc(NCc3ccc(F)cc3)cc21)c1ccc(F)cc1F. The summed E-state index contributed by atoms with van der Waals surface area (Å²) in [5.74, 6) is -1.91. The molecule has 0 aliphatic rings. The molecule has 2 heterocycles. The average Bonchev–Trinajstić information content (AvgIpc) is 3.48. The van der Waals surface area contributed by atoms with Gasteiger partial charge in [0.25, 0.3) is 0 Å². The zero-order chi connectivity index (χ0) is 24.4. The maximum Gasteiger partial charge on any atom is 0.137 e. The Labute approximate surface area is 198 Å². The van der Waals surface area contributed by atoms with Crippen molar-refractivity contribution < 1.29 is 18.3 Å². The average molecular weight is 478 g/mol. The van der Waals surface area contributed by atoms with Crippen LogP contribution in [0.15, 0.2) is 79.5 Å². The Morgan fingerprint density at radius 2 is 1.69 bits per heavy atom. The number of hydrogen-bond acceptors (Lipinski definition) is 5. The highest BCUT2D eigenvalue weighted by molar-refractivity contribution is 5.82. The smallest absolute Gasteiger partial charge is 0.137 e. The van der Waals surface area contributed by atoms with Crippen LogP contribution < -0.4 is 5.32 Å². The van der Waals surface area contributed by atoms with Gasteiger partial charge >= 0.3 is 0 Å². The highest BCUT2D eigenvalue weighted by atomic mass is 19.1. The Bertz CT molecular complexity index is 1450. The van der Waals surface area contributed by atoms with E-state index in [1.807, 2.05) is 18.2 Å². The fourth-order valence-corrected chi connectivity index (χ4v) is 4.03. The van der Waals surface area contributed by atoms with Crippen molar-refractivity contribution in [1.82, 2.24) is 24.5 Å². The second-order valence-electron chi connectivity index (χ2n) is 8.30. The number of aliphatic hydroxyl groups is 1. The van der Waals surface area contributed by atoms with Gasteiger partial charge in [-0.25, -0.2) is 22.8 Å². The molecule has 0 fully saturated rings. The van der Waals surface area contributed by atoms with Gasteiger partial charge in [0.1, 0.15) is 35.7 Å². The summed E-state index contributed by atoms with van der Waals surface area (Å²) >= 11 is 0. The lowest BCUT2D eigenvalue weighted by Crippen LogP contribution is -2.37. The minimum Gasteiger partial charge on any atom is -0.381 e. The fourth-order valence-electron chi connectivity index (χ4n) is 4.03. The number of rotatable bonds is 8. The van der Waals surface area contributed by atoms with Gasteiger partial charge in [-0.05, 0) is 42.0 Å². The number of hydrogen-bond donors (Lipinski definition) is 2. The molecule has 3 aromatic carbocycles. The molecule has 178 valence electrons. The molecule has 0 radical (unpaired) electrons. The van der Waals surface area contributed by atoms with Crippen molar-refractivity contribution in [2.45, 2.75) is 25.2 Å². The fraction of sp³-hybridized carbons (Fsp3) is 0.160. The number of fused-ring (bicyclic) bond motifs is 1. The van der Waals surface area contributed by atoms with Crippen molar-refractivity contribution in [3.8, 4) is 0 Å². The van der Waals surface area contributed by atoms with Crippen molar-refractivity contribution in [3.05, 3.63) is 108 Å². The third-order valence-corrected chi connectivity index (χ3v) is 5.79. The summed E-state index contributed by atoms with van der Waals surface area (Å²) in [6.45, 7) is 0.233. The summed E-state index contributed by atoms with van der Waals surface area (Å²) in [5.41, 5.74) is 0.518. The predicted molar refractivity (Wildman–Crippen MR) is 124 cm³/mol. The first-order valence-electron chi connectivity index (χ1n) is 10.8. The van der Waals surface area contributed by atoms with Crippen LogP contribution in [0, 0.1) is 17.5 Å². The number of nitrogens with one attached hydrogen (secondary N) is 1. The van der Waals surface area contributed by atoms with Gasteiger partial charge in [-0.1, -0.05) is 18.2 Å². The highest BCUT2D eigenvalue weighted by Crippen LogP contribution is 2.30. The van der Waals surface area contributed by atoms with Crippen LogP contribution in [-0.2, 0) is 25.2 Å². The Hall–Kier alpha value is -4.18. The molecule has 0 saturated heterocycles. The zero-order valence-electron chi connectivity index (χ0n) is 18.4. The maximum atomic E-state index is 14.8. The van der Waals surface area contributed by atoms with Crippen LogP contribution in [0.25, 0.3) is 10.9 Å². The van der Waals surface area contributed by atoms with Gasteiger partial charge in [0, 0.05) is 29.2 Å². The van der Waals surface area contributed by atoms with E-state index in [9.17, 15) is 18.3 Å². The molecule has 35 heavy (non-hydrogen) atoms. The van der Waals surface area contributed by atoms with Gasteiger partial charge in [-0.2, -0.15) is 10.2 Å². The second-order valence-corrected chi connectivity index (χ2v) is 8.30. The van der Waals surface area contributed by atoms with Crippen LogP contribution in [0.3, 0.4) is 0 Å². The lowest BCUT2D eigenvalue weighted by atomic mass is 9.92. The number of anilines is 1. The monoisotopic (exact) mass is 478 g/mol. The number of aromatic nitrogens is 5. The molecule has 5 rings (SSSR count). The van der Waals surface area contributed by atoms with E-state index in [0.717, 1.165) is 28.8 Å². The molecule has 5 aromatic rings. The Morgan fingerprint density at radius 3 is 2.43 bits per heavy atom. The Balaban J connectivity index is 1.46. The van der Waals surface area contributed by atoms with Gasteiger partial charge in [-0.3, -0.25) is 4.68 Å². The third kappa shape index (κ3) is 4.87. The van der Waals surface area contributed by atoms with Crippen LogP contribution in [0.5, 0.6) is 0 Å². The summed E-state index contributed by atoms with van der Waals surface area (Å²) < 4.78 is 44.4. The van der Waals surface area contributed by atoms with Crippen molar-refractivity contribution >= 4 is 16.6 Å². The predicted octanol–water partition coefficient (Wildman–Crippen LogP) is 4.25. The van der Waals surface area contributed by atoms with Gasteiger partial charge in [0.2, 0.25) is 0 Å². The second kappa shape index (κ2) is 9.22. The van der Waals surface area contributed by atoms with Crippen LogP contribution in [0.1, 0.15) is 11.1 Å². The van der Waals surface area contributed by atoms with Crippen LogP contribution in [0.4, 0.5) is 18.9 Å². The molecular formula is C25H21F3N6O. The quantitative estimate of drug-likeness (QED) is 0.349. The molecule has 0 bridgehead atoms. The lowest BCUT2D eigenvalue weighted by Gasteiger charge is -2.29. The highest BCUT2D eigenvalue weighted by Gasteiger charge is 2.35. The molecule has 2 N–H and O–H groups in total. The van der Waals surface area contributed by atoms with Crippen molar-refractivity contribution in [1.29, 1.82) is 0 Å². The summed E-state index contributed by atoms with van der Waals surface area (Å²) in [5, 5.41) is 24.2. The van der Waals surface area contributed by atoms with Crippen molar-refractivity contribution in [2.75, 3.05) is 5.32 Å². The van der Waals surface area contributed by atoms with Crippen molar-refractivity contribution in [2.24, 2.45) is 0 Å². The van der Waals surface area contributed by atoms with Crippen molar-refractivity contribution in [3.63, 3.8) is 0 Å². The number of nitrogens with zero attached hydrogens (tertiary/aromatic N) is 5. The van der Waals surface area contributed by atoms with E-state index in [0.29, 0.717) is 12.1 Å². The molecule has 10 heteroatoms. The molecule has 0 aliphatic carbocycles. The topological polar surface area (TPSA) is 80.8 Å². The minimum absolute atomic E-state index is 0.0800. The summed E-state index contributed by atoms with van der Waals surface area (Å²) in [4.78, 5) is 3.88. The maximum absolute atomic E-state index is 14.8. The Morgan fingerprint density at radius 1 is 0.886 bits per heavy atom. The van der Waals surface area contributed by atoms with Gasteiger partial charge in [-0.15, -0.1) is 0 Å². The number of halogens is 3. The molecular weight excluding hydrogens is 457 g/mol. The summed E-state index contributed by atoms with van der Waals surface area (Å²) in [6, 6.07) is 14.9. The van der Waals surface area contributed by atoms with Crippen LogP contribution in [-0.4, -0.2) is 29.7 Å². The van der Waals surface area contributed by atoms with E-state index in [-0.39, 0.29) is 24.5 Å². The molecule has 1 unspecified atom stereocenters. The molecule has 1 atom stereocenters. The summed E-state index contributed by atoms with van der Waals surface area (Å²) in [6.07, 6.45) is 4.37. The van der Waals surface area contributed by atoms with E-state index < -0.39 is 17.2 Å². The molecule has 2 aromatic heterocycles. The third-order valence-electron chi connectivity index (χ3n) is 5.79. The molecule has 0 aliphatic heterocycles. The summed E-state index contributed by atoms with van der Waals surface area (Å²) in [7, 11) is 0. The normalized spacial score (nSPS) is 13.1. The van der Waals surface area contributed by atoms with Gasteiger partial charge < -0.3 is 10.4 Å². The van der Waals surface area contributed by atoms with Crippen LogP contribution >= 0.6 is 0 Å². The Kier molecular flexibility index (Phi) is 5.96. The largest absolute Gasteiger partial charge is 0.381 e. The number of benzene rings is 3. The zero-order valence-corrected chi connectivity index (χ0v) is 18.4. The minimum atomic E-state index is -1.80. The van der Waals surface area contributed by atoms with Gasteiger partial charge in [0.15, 0.2) is 0 Å². The van der Waals surface area contributed by atoms with E-state index in [2.05, 4.69) is 20.5 Å². The first-order valence-corrected chi connectivity index (χ1v) is 10.8. The molecule has 0 spiro atoms. The van der Waals surface area contributed by atoms with Crippen LogP contribution in [0.2, 0.25) is 0 Å². The van der Waals surface area contributed by atoms with E-state index in [4.69, 9.17) is 0 Å². The standard InChI is InChI=1S/C25H21F3N6O/c26-19-4-1-17(2-5-19)11-30-21-7-3-18-12-31-34(24(18)10-21)14-25(35,13-33-16-29-15-32-33)22-8-6-20(27)9-23(22)28/h1-10,12,15-16,30,35H,11,13-14H2. The van der Waals surface area contributed by atoms with E-state index in [1.165, 1.54) is 35.5 Å². The first kappa shape index (κ1) is 22.6. The lowest BCUT2D eigenvalue weighted by molar-refractivity contribution is -0.00734. The van der Waals surface area contributed by atoms with Gasteiger partial charge in [0.05, 0.1) is 24.8 Å².